The van der Waals surface area contributed by atoms with E-state index in [2.05, 4.69) is 5.32 Å². The number of piperazine rings is 1. The summed E-state index contributed by atoms with van der Waals surface area (Å²) in [6, 6.07) is 21.1. The highest BCUT2D eigenvalue weighted by Gasteiger charge is 2.44. The third-order valence-corrected chi connectivity index (χ3v) is 7.87. The summed E-state index contributed by atoms with van der Waals surface area (Å²) in [6.07, 6.45) is 0.952. The van der Waals surface area contributed by atoms with Gasteiger partial charge in [-0.25, -0.2) is 4.39 Å². The number of nitrogens with one attached hydrogen (secondary N) is 1. The minimum absolute atomic E-state index is 0.121. The molecule has 2 fully saturated rings. The molecule has 3 aromatic rings. The maximum Gasteiger partial charge on any atom is 0.254 e. The molecule has 214 valence electrons. The molecular weight excluding hydrogens is 523 g/mol. The lowest BCUT2D eigenvalue weighted by Gasteiger charge is -2.32. The zero-order chi connectivity index (χ0) is 28.8. The van der Waals surface area contributed by atoms with Crippen LogP contribution >= 0.6 is 0 Å². The first-order valence-electron chi connectivity index (χ1n) is 14.0. The summed E-state index contributed by atoms with van der Waals surface area (Å²) in [5.41, 5.74) is 1.90. The molecule has 9 heteroatoms. The van der Waals surface area contributed by atoms with Crippen LogP contribution < -0.4 is 10.1 Å². The maximum atomic E-state index is 14.0. The summed E-state index contributed by atoms with van der Waals surface area (Å²) in [5, 5.41) is 3.25. The van der Waals surface area contributed by atoms with Crippen LogP contribution in [0.15, 0.2) is 78.9 Å². The first kappa shape index (κ1) is 28.3. The van der Waals surface area contributed by atoms with E-state index in [0.717, 1.165) is 5.56 Å². The van der Waals surface area contributed by atoms with Crippen molar-refractivity contribution in [2.75, 3.05) is 46.4 Å². The van der Waals surface area contributed by atoms with Crippen molar-refractivity contribution < 1.29 is 23.5 Å². The van der Waals surface area contributed by atoms with Crippen LogP contribution in [0.3, 0.4) is 0 Å². The van der Waals surface area contributed by atoms with Gasteiger partial charge in [-0.3, -0.25) is 14.4 Å². The third-order valence-electron chi connectivity index (χ3n) is 7.87. The Morgan fingerprint density at radius 1 is 0.927 bits per heavy atom. The Balaban J connectivity index is 1.45. The summed E-state index contributed by atoms with van der Waals surface area (Å²) in [6.45, 7) is 3.12. The quantitative estimate of drug-likeness (QED) is 0.459. The summed E-state index contributed by atoms with van der Waals surface area (Å²) < 4.78 is 18.9. The van der Waals surface area contributed by atoms with Gasteiger partial charge < -0.3 is 24.8 Å². The van der Waals surface area contributed by atoms with E-state index in [4.69, 9.17) is 4.74 Å². The number of hydrogen-bond acceptors (Lipinski definition) is 5. The largest absolute Gasteiger partial charge is 0.497 e. The van der Waals surface area contributed by atoms with Crippen LogP contribution in [-0.4, -0.2) is 90.9 Å². The topological polar surface area (TPSA) is 82.2 Å². The lowest BCUT2D eigenvalue weighted by Crippen LogP contribution is -2.53. The predicted molar refractivity (Wildman–Crippen MR) is 153 cm³/mol. The molecule has 2 heterocycles. The molecule has 0 radical (unpaired) electrons. The molecule has 0 spiro atoms. The van der Waals surface area contributed by atoms with Gasteiger partial charge in [-0.2, -0.15) is 0 Å². The predicted octanol–water partition coefficient (Wildman–Crippen LogP) is 3.23. The Labute approximate surface area is 239 Å². The molecule has 2 aliphatic rings. The van der Waals surface area contributed by atoms with Gasteiger partial charge in [0.1, 0.15) is 17.6 Å². The normalized spacial score (nSPS) is 18.7. The van der Waals surface area contributed by atoms with Crippen molar-refractivity contribution in [1.29, 1.82) is 0 Å². The fourth-order valence-electron chi connectivity index (χ4n) is 5.60. The van der Waals surface area contributed by atoms with Gasteiger partial charge in [0.25, 0.3) is 11.8 Å². The minimum Gasteiger partial charge on any atom is -0.497 e. The monoisotopic (exact) mass is 558 g/mol. The van der Waals surface area contributed by atoms with Gasteiger partial charge in [-0.15, -0.1) is 0 Å². The maximum absolute atomic E-state index is 14.0. The molecule has 8 nitrogen and oxygen atoms in total. The molecule has 41 heavy (non-hydrogen) atoms. The van der Waals surface area contributed by atoms with Gasteiger partial charge >= 0.3 is 0 Å². The highest BCUT2D eigenvalue weighted by atomic mass is 19.1. The Morgan fingerprint density at radius 3 is 2.24 bits per heavy atom. The Bertz CT molecular complexity index is 1340. The zero-order valence-electron chi connectivity index (χ0n) is 23.2. The molecule has 2 atom stereocenters. The highest BCUT2D eigenvalue weighted by Crippen LogP contribution is 2.28. The van der Waals surface area contributed by atoms with Gasteiger partial charge in [0.2, 0.25) is 5.91 Å². The zero-order valence-corrected chi connectivity index (χ0v) is 23.2. The number of methoxy groups -OCH3 is 1. The van der Waals surface area contributed by atoms with Crippen molar-refractivity contribution in [2.24, 2.45) is 0 Å². The molecule has 1 N–H and O–H groups in total. The van der Waals surface area contributed by atoms with E-state index in [1.165, 1.54) is 24.3 Å². The van der Waals surface area contributed by atoms with Crippen LogP contribution in [-0.2, 0) is 11.2 Å². The highest BCUT2D eigenvalue weighted by molar-refractivity contribution is 5.99. The van der Waals surface area contributed by atoms with E-state index >= 15 is 0 Å². The Hall–Kier alpha value is -4.24. The minimum atomic E-state index is -0.724. The molecular formula is C32H35FN4O4. The molecule has 0 saturated carbocycles. The molecule has 0 bridgehead atoms. The molecule has 3 aromatic carbocycles. The number of nitrogens with zero attached hydrogens (tertiary/aromatic N) is 3. The van der Waals surface area contributed by atoms with E-state index in [-0.39, 0.29) is 30.3 Å². The summed E-state index contributed by atoms with van der Waals surface area (Å²) in [7, 11) is 1.57. The number of carbonyl (C=O) groups excluding carboxylic acids is 3. The average Bonchev–Trinajstić information content (AvgIpc) is 3.47. The Morgan fingerprint density at radius 2 is 1.59 bits per heavy atom. The molecule has 5 rings (SSSR count). The van der Waals surface area contributed by atoms with Crippen LogP contribution in [0.25, 0.3) is 0 Å². The lowest BCUT2D eigenvalue weighted by atomic mass is 10.1. The number of benzene rings is 3. The number of carbonyl (C=O) groups is 3. The number of hydrogen-bond donors (Lipinski definition) is 1. The van der Waals surface area contributed by atoms with E-state index in [0.29, 0.717) is 62.4 Å². The van der Waals surface area contributed by atoms with Crippen molar-refractivity contribution in [3.05, 3.63) is 101 Å². The molecule has 3 amide bonds. The van der Waals surface area contributed by atoms with Crippen molar-refractivity contribution in [1.82, 2.24) is 20.0 Å². The molecule has 2 saturated heterocycles. The van der Waals surface area contributed by atoms with E-state index in [1.807, 2.05) is 30.3 Å². The van der Waals surface area contributed by atoms with E-state index in [1.54, 1.807) is 46.1 Å². The fourth-order valence-corrected chi connectivity index (χ4v) is 5.60. The van der Waals surface area contributed by atoms with E-state index < -0.39 is 11.9 Å². The van der Waals surface area contributed by atoms with Gasteiger partial charge in [-0.05, 0) is 66.9 Å². The third kappa shape index (κ3) is 6.57. The first-order chi connectivity index (χ1) is 19.9. The second-order valence-electron chi connectivity index (χ2n) is 10.4. The number of rotatable bonds is 8. The molecule has 2 aliphatic heterocycles. The van der Waals surface area contributed by atoms with E-state index in [9.17, 15) is 18.8 Å². The van der Waals surface area contributed by atoms with Gasteiger partial charge in [0.15, 0.2) is 0 Å². The van der Waals surface area contributed by atoms with Crippen molar-refractivity contribution in [3.63, 3.8) is 0 Å². The first-order valence-corrected chi connectivity index (χ1v) is 14.0. The summed E-state index contributed by atoms with van der Waals surface area (Å²) in [4.78, 5) is 46.6. The van der Waals surface area contributed by atoms with Crippen molar-refractivity contribution in [2.45, 2.75) is 24.9 Å². The standard InChI is InChI=1S/C32H35FN4O4/c1-41-28-13-9-25(10-14-28)30(38)36(18-15-23-5-3-2-4-6-23)27-21-29(32(40)35-19-16-34-17-20-35)37(22-27)31(39)24-7-11-26(33)12-8-24/h2-14,27,29,34H,15-22H2,1H3. The Kier molecular flexibility index (Phi) is 8.94. The SMILES string of the molecule is COc1ccc(C(=O)N(CCc2ccccc2)C2CC(C(=O)N3CCNCC3)N(C(=O)c3ccc(F)cc3)C2)cc1. The average molecular weight is 559 g/mol. The van der Waals surface area contributed by atoms with Crippen LogP contribution in [0, 0.1) is 5.82 Å². The van der Waals surface area contributed by atoms with Gasteiger partial charge in [0.05, 0.1) is 13.2 Å². The summed E-state index contributed by atoms with van der Waals surface area (Å²) >= 11 is 0. The van der Waals surface area contributed by atoms with Crippen molar-refractivity contribution in [3.8, 4) is 5.75 Å². The number of ether oxygens (including phenoxy) is 1. The lowest BCUT2D eigenvalue weighted by molar-refractivity contribution is -0.135. The van der Waals surface area contributed by atoms with Crippen LogP contribution in [0.1, 0.15) is 32.7 Å². The second-order valence-corrected chi connectivity index (χ2v) is 10.4. The van der Waals surface area contributed by atoms with Gasteiger partial charge in [0, 0.05) is 50.4 Å². The fraction of sp³-hybridized carbons (Fsp3) is 0.344. The van der Waals surface area contributed by atoms with Gasteiger partial charge in [-0.1, -0.05) is 30.3 Å². The number of likely N-dealkylation sites (tertiary alicyclic amines) is 1. The number of amides is 3. The second kappa shape index (κ2) is 13.0. The molecule has 0 aliphatic carbocycles. The number of halogens is 1. The summed E-state index contributed by atoms with van der Waals surface area (Å²) in [5.74, 6) is -0.425. The van der Waals surface area contributed by atoms with Crippen molar-refractivity contribution >= 4 is 17.7 Å². The van der Waals surface area contributed by atoms with Crippen LogP contribution in [0.4, 0.5) is 4.39 Å². The smallest absolute Gasteiger partial charge is 0.254 e. The molecule has 2 unspecified atom stereocenters. The van der Waals surface area contributed by atoms with Crippen LogP contribution in [0.2, 0.25) is 0 Å². The van der Waals surface area contributed by atoms with Crippen LogP contribution in [0.5, 0.6) is 5.75 Å². The molecule has 0 aromatic heterocycles.